The van der Waals surface area contributed by atoms with Crippen LogP contribution in [0.4, 0.5) is 0 Å². The van der Waals surface area contributed by atoms with Crippen LogP contribution in [-0.4, -0.2) is 41.0 Å². The highest BCUT2D eigenvalue weighted by Gasteiger charge is 2.23. The average molecular weight is 209 g/mol. The van der Waals surface area contributed by atoms with Crippen molar-refractivity contribution in [1.29, 1.82) is 0 Å². The van der Waals surface area contributed by atoms with E-state index in [1.165, 1.54) is 0 Å². The molecule has 1 aliphatic heterocycles. The Labute approximate surface area is 88.5 Å². The smallest absolute Gasteiger partial charge is 0.290 e. The lowest BCUT2D eigenvalue weighted by Crippen LogP contribution is -2.32. The number of hydrogen-bond donors (Lipinski definition) is 0. The van der Waals surface area contributed by atoms with Crippen molar-refractivity contribution < 1.29 is 9.32 Å². The number of carbonyl (C=O) groups is 1. The van der Waals surface area contributed by atoms with E-state index in [4.69, 9.17) is 4.52 Å². The van der Waals surface area contributed by atoms with E-state index in [0.717, 1.165) is 32.5 Å². The fourth-order valence-corrected chi connectivity index (χ4v) is 1.97. The Balaban J connectivity index is 1.97. The van der Waals surface area contributed by atoms with Gasteiger partial charge >= 0.3 is 0 Å². The Hall–Kier alpha value is -1.23. The first-order valence-electron chi connectivity index (χ1n) is 5.34. The lowest BCUT2D eigenvalue weighted by atomic mass is 9.96. The van der Waals surface area contributed by atoms with Crippen molar-refractivity contribution in [2.45, 2.75) is 25.7 Å². The second kappa shape index (κ2) is 4.53. The lowest BCUT2D eigenvalue weighted by molar-refractivity contribution is 0.108. The van der Waals surface area contributed by atoms with Gasteiger partial charge in [-0.15, -0.1) is 0 Å². The molecule has 0 saturated carbocycles. The maximum atomic E-state index is 10.4. The van der Waals surface area contributed by atoms with E-state index in [1.54, 1.807) is 0 Å². The minimum Gasteiger partial charge on any atom is -0.331 e. The lowest BCUT2D eigenvalue weighted by Gasteiger charge is -2.29. The van der Waals surface area contributed by atoms with Crippen molar-refractivity contribution >= 4 is 6.29 Å². The molecule has 1 fully saturated rings. The molecular weight excluding hydrogens is 194 g/mol. The summed E-state index contributed by atoms with van der Waals surface area (Å²) in [5, 5.41) is 3.83. The van der Waals surface area contributed by atoms with Crippen molar-refractivity contribution in [1.82, 2.24) is 15.0 Å². The highest BCUT2D eigenvalue weighted by atomic mass is 16.5. The van der Waals surface area contributed by atoms with Crippen LogP contribution in [0.3, 0.4) is 0 Å². The van der Waals surface area contributed by atoms with E-state index in [-0.39, 0.29) is 5.89 Å². The summed E-state index contributed by atoms with van der Waals surface area (Å²) < 4.78 is 4.78. The van der Waals surface area contributed by atoms with Gasteiger partial charge in [0.15, 0.2) is 5.82 Å². The zero-order valence-corrected chi connectivity index (χ0v) is 8.85. The molecule has 1 aromatic rings. The van der Waals surface area contributed by atoms with Gasteiger partial charge in [-0.1, -0.05) is 12.1 Å². The third-order valence-corrected chi connectivity index (χ3v) is 2.96. The standard InChI is InChI=1S/C10H15N3O2/c1-2-13-5-3-8(4-6-13)10-11-9(7-14)15-12-10/h7-8H,2-6H2,1H3. The molecule has 0 amide bonds. The Morgan fingerprint density at radius 1 is 1.53 bits per heavy atom. The summed E-state index contributed by atoms with van der Waals surface area (Å²) in [6.45, 7) is 5.41. The Morgan fingerprint density at radius 2 is 2.27 bits per heavy atom. The molecule has 0 aliphatic carbocycles. The van der Waals surface area contributed by atoms with Gasteiger partial charge in [-0.2, -0.15) is 4.98 Å². The van der Waals surface area contributed by atoms with Crippen LogP contribution in [-0.2, 0) is 0 Å². The molecule has 0 bridgehead atoms. The van der Waals surface area contributed by atoms with Crippen LogP contribution in [0.25, 0.3) is 0 Å². The van der Waals surface area contributed by atoms with E-state index in [9.17, 15) is 4.79 Å². The Bertz CT molecular complexity index is 329. The highest BCUT2D eigenvalue weighted by molar-refractivity contribution is 5.66. The first-order chi connectivity index (χ1) is 7.33. The molecule has 0 atom stereocenters. The number of hydrogen-bond acceptors (Lipinski definition) is 5. The molecule has 0 N–H and O–H groups in total. The molecule has 0 aromatic carbocycles. The molecular formula is C10H15N3O2. The van der Waals surface area contributed by atoms with Crippen LogP contribution in [0.5, 0.6) is 0 Å². The largest absolute Gasteiger partial charge is 0.331 e. The summed E-state index contributed by atoms with van der Waals surface area (Å²) in [4.78, 5) is 16.8. The number of rotatable bonds is 3. The SMILES string of the molecule is CCN1CCC(c2noc(C=O)n2)CC1. The average Bonchev–Trinajstić information content (AvgIpc) is 2.78. The maximum Gasteiger partial charge on any atom is 0.290 e. The van der Waals surface area contributed by atoms with Crippen LogP contribution in [0.2, 0.25) is 0 Å². The fraction of sp³-hybridized carbons (Fsp3) is 0.700. The van der Waals surface area contributed by atoms with Gasteiger partial charge in [0.2, 0.25) is 6.29 Å². The summed E-state index contributed by atoms with van der Waals surface area (Å²) in [6, 6.07) is 0. The number of aldehydes is 1. The second-order valence-electron chi connectivity index (χ2n) is 3.82. The minimum absolute atomic E-state index is 0.0860. The van der Waals surface area contributed by atoms with Crippen molar-refractivity contribution in [2.75, 3.05) is 19.6 Å². The number of carbonyl (C=O) groups excluding carboxylic acids is 1. The van der Waals surface area contributed by atoms with E-state index >= 15 is 0 Å². The molecule has 0 spiro atoms. The van der Waals surface area contributed by atoms with Crippen molar-refractivity contribution in [3.05, 3.63) is 11.7 Å². The van der Waals surface area contributed by atoms with E-state index in [1.807, 2.05) is 0 Å². The predicted octanol–water partition coefficient (Wildman–Crippen LogP) is 1.08. The number of piperidine rings is 1. The zero-order chi connectivity index (χ0) is 10.7. The summed E-state index contributed by atoms with van der Waals surface area (Å²) in [7, 11) is 0. The third-order valence-electron chi connectivity index (χ3n) is 2.96. The topological polar surface area (TPSA) is 59.2 Å². The number of aromatic nitrogens is 2. The van der Waals surface area contributed by atoms with Crippen molar-refractivity contribution in [3.8, 4) is 0 Å². The van der Waals surface area contributed by atoms with Gasteiger partial charge in [0.1, 0.15) is 0 Å². The quantitative estimate of drug-likeness (QED) is 0.697. The summed E-state index contributed by atoms with van der Waals surface area (Å²) in [5.74, 6) is 1.13. The van der Waals surface area contributed by atoms with Crippen LogP contribution < -0.4 is 0 Å². The summed E-state index contributed by atoms with van der Waals surface area (Å²) in [6.07, 6.45) is 2.69. The maximum absolute atomic E-state index is 10.4. The molecule has 1 aliphatic rings. The minimum atomic E-state index is 0.0860. The molecule has 1 saturated heterocycles. The first-order valence-corrected chi connectivity index (χ1v) is 5.34. The van der Waals surface area contributed by atoms with Gasteiger partial charge in [0.05, 0.1) is 0 Å². The monoisotopic (exact) mass is 209 g/mol. The number of likely N-dealkylation sites (tertiary alicyclic amines) is 1. The van der Waals surface area contributed by atoms with Gasteiger partial charge in [-0.3, -0.25) is 4.79 Å². The molecule has 0 radical (unpaired) electrons. The Morgan fingerprint density at radius 3 is 2.80 bits per heavy atom. The van der Waals surface area contributed by atoms with E-state index < -0.39 is 0 Å². The molecule has 5 heteroatoms. The van der Waals surface area contributed by atoms with Gasteiger partial charge in [-0.25, -0.2) is 0 Å². The van der Waals surface area contributed by atoms with Crippen LogP contribution in [0, 0.1) is 0 Å². The third kappa shape index (κ3) is 2.23. The van der Waals surface area contributed by atoms with Crippen molar-refractivity contribution in [3.63, 3.8) is 0 Å². The second-order valence-corrected chi connectivity index (χ2v) is 3.82. The van der Waals surface area contributed by atoms with Gasteiger partial charge in [-0.05, 0) is 32.5 Å². The van der Waals surface area contributed by atoms with Gasteiger partial charge < -0.3 is 9.42 Å². The van der Waals surface area contributed by atoms with Crippen LogP contribution in [0.1, 0.15) is 42.2 Å². The van der Waals surface area contributed by atoms with Gasteiger partial charge in [0, 0.05) is 5.92 Å². The first kappa shape index (κ1) is 10.3. The normalized spacial score (nSPS) is 19.3. The predicted molar refractivity (Wildman–Crippen MR) is 53.8 cm³/mol. The van der Waals surface area contributed by atoms with Crippen LogP contribution in [0.15, 0.2) is 4.52 Å². The molecule has 0 unspecified atom stereocenters. The highest BCUT2D eigenvalue weighted by Crippen LogP contribution is 2.25. The molecule has 5 nitrogen and oxygen atoms in total. The van der Waals surface area contributed by atoms with E-state index in [2.05, 4.69) is 22.0 Å². The zero-order valence-electron chi connectivity index (χ0n) is 8.85. The van der Waals surface area contributed by atoms with Crippen molar-refractivity contribution in [2.24, 2.45) is 0 Å². The molecule has 2 heterocycles. The molecule has 82 valence electrons. The summed E-state index contributed by atoms with van der Waals surface area (Å²) >= 11 is 0. The Kier molecular flexibility index (Phi) is 3.11. The van der Waals surface area contributed by atoms with Gasteiger partial charge in [0.25, 0.3) is 5.89 Å². The molecule has 15 heavy (non-hydrogen) atoms. The molecule has 1 aromatic heterocycles. The fourth-order valence-electron chi connectivity index (χ4n) is 1.97. The number of nitrogens with zero attached hydrogens (tertiary/aromatic N) is 3. The molecule has 2 rings (SSSR count). The van der Waals surface area contributed by atoms with E-state index in [0.29, 0.717) is 18.0 Å². The summed E-state index contributed by atoms with van der Waals surface area (Å²) in [5.41, 5.74) is 0. The van der Waals surface area contributed by atoms with Crippen LogP contribution >= 0.6 is 0 Å².